The molecule has 0 bridgehead atoms. The highest BCUT2D eigenvalue weighted by molar-refractivity contribution is 5.79. The van der Waals surface area contributed by atoms with Crippen LogP contribution in [0.15, 0.2) is 18.2 Å². The third-order valence-electron chi connectivity index (χ3n) is 2.97. The first kappa shape index (κ1) is 11.6. The zero-order valence-electron chi connectivity index (χ0n) is 9.63. The molecule has 0 radical (unpaired) electrons. The summed E-state index contributed by atoms with van der Waals surface area (Å²) in [5, 5.41) is 11.0. The molecule has 1 saturated carbocycles. The zero-order chi connectivity index (χ0) is 12.4. The van der Waals surface area contributed by atoms with E-state index in [1.807, 2.05) is 11.9 Å². The predicted molar refractivity (Wildman–Crippen MR) is 64.5 cm³/mol. The van der Waals surface area contributed by atoms with E-state index in [0.29, 0.717) is 23.5 Å². The number of hydrogen-bond donors (Lipinski definition) is 0. The maximum atomic E-state index is 11.0. The summed E-state index contributed by atoms with van der Waals surface area (Å²) in [6.07, 6.45) is 3.02. The van der Waals surface area contributed by atoms with E-state index in [0.717, 1.165) is 6.54 Å². The molecular formula is C12H14N2O3. The summed E-state index contributed by atoms with van der Waals surface area (Å²) in [6.45, 7) is 0.835. The zero-order valence-corrected chi connectivity index (χ0v) is 9.63. The SMILES string of the molecule is CN(CC1CC1)c1ccc(C=O)cc1[N+](=O)[O-]. The molecule has 0 amide bonds. The smallest absolute Gasteiger partial charge is 0.293 e. The Morgan fingerprint density at radius 3 is 2.76 bits per heavy atom. The van der Waals surface area contributed by atoms with Crippen molar-refractivity contribution in [2.24, 2.45) is 5.92 Å². The van der Waals surface area contributed by atoms with Crippen LogP contribution in [-0.4, -0.2) is 24.8 Å². The third-order valence-corrected chi connectivity index (χ3v) is 2.97. The molecule has 1 aromatic rings. The number of carbonyl (C=O) groups is 1. The number of nitro benzene ring substituents is 1. The van der Waals surface area contributed by atoms with E-state index in [-0.39, 0.29) is 5.69 Å². The predicted octanol–water partition coefficient (Wildman–Crippen LogP) is 2.25. The molecule has 0 unspecified atom stereocenters. The molecule has 0 N–H and O–H groups in total. The molecule has 1 aliphatic rings. The topological polar surface area (TPSA) is 63.5 Å². The van der Waals surface area contributed by atoms with Gasteiger partial charge in [0.15, 0.2) is 0 Å². The van der Waals surface area contributed by atoms with E-state index in [2.05, 4.69) is 0 Å². The van der Waals surface area contributed by atoms with Crippen molar-refractivity contribution in [2.45, 2.75) is 12.8 Å². The number of rotatable bonds is 5. The molecule has 17 heavy (non-hydrogen) atoms. The minimum absolute atomic E-state index is 0.00208. The van der Waals surface area contributed by atoms with Gasteiger partial charge in [0, 0.05) is 25.2 Å². The lowest BCUT2D eigenvalue weighted by Gasteiger charge is -2.18. The van der Waals surface area contributed by atoms with Gasteiger partial charge in [0.05, 0.1) is 4.92 Å². The highest BCUT2D eigenvalue weighted by Gasteiger charge is 2.25. The lowest BCUT2D eigenvalue weighted by atomic mass is 10.1. The Morgan fingerprint density at radius 1 is 1.53 bits per heavy atom. The van der Waals surface area contributed by atoms with Gasteiger partial charge < -0.3 is 4.90 Å². The highest BCUT2D eigenvalue weighted by Crippen LogP contribution is 2.34. The molecule has 0 saturated heterocycles. The lowest BCUT2D eigenvalue weighted by molar-refractivity contribution is -0.384. The second kappa shape index (κ2) is 4.53. The number of carbonyl (C=O) groups excluding carboxylic acids is 1. The minimum atomic E-state index is -0.439. The van der Waals surface area contributed by atoms with Crippen LogP contribution in [0.2, 0.25) is 0 Å². The van der Waals surface area contributed by atoms with Crippen molar-refractivity contribution < 1.29 is 9.72 Å². The van der Waals surface area contributed by atoms with Gasteiger partial charge in [0.1, 0.15) is 12.0 Å². The normalized spacial score (nSPS) is 14.4. The Labute approximate surface area is 99.2 Å². The summed E-state index contributed by atoms with van der Waals surface area (Å²) < 4.78 is 0. The molecule has 90 valence electrons. The minimum Gasteiger partial charge on any atom is -0.369 e. The molecule has 1 aliphatic carbocycles. The van der Waals surface area contributed by atoms with Gasteiger partial charge in [-0.15, -0.1) is 0 Å². The molecule has 0 aromatic heterocycles. The van der Waals surface area contributed by atoms with Crippen molar-refractivity contribution in [3.63, 3.8) is 0 Å². The largest absolute Gasteiger partial charge is 0.369 e. The molecule has 1 fully saturated rings. The van der Waals surface area contributed by atoms with Crippen LogP contribution in [0.4, 0.5) is 11.4 Å². The molecular weight excluding hydrogens is 220 g/mol. The van der Waals surface area contributed by atoms with Crippen LogP contribution < -0.4 is 4.90 Å². The molecule has 0 atom stereocenters. The van der Waals surface area contributed by atoms with Gasteiger partial charge in [-0.05, 0) is 30.9 Å². The number of aldehydes is 1. The van der Waals surface area contributed by atoms with Crippen LogP contribution >= 0.6 is 0 Å². The molecule has 0 aliphatic heterocycles. The van der Waals surface area contributed by atoms with Crippen molar-refractivity contribution in [3.8, 4) is 0 Å². The molecule has 0 heterocycles. The van der Waals surface area contributed by atoms with Crippen LogP contribution in [0.25, 0.3) is 0 Å². The van der Waals surface area contributed by atoms with Crippen LogP contribution in [-0.2, 0) is 0 Å². The Bertz CT molecular complexity index is 455. The molecule has 5 heteroatoms. The average molecular weight is 234 g/mol. The van der Waals surface area contributed by atoms with Crippen molar-refractivity contribution in [3.05, 3.63) is 33.9 Å². The summed E-state index contributed by atoms with van der Waals surface area (Å²) in [4.78, 5) is 23.0. The van der Waals surface area contributed by atoms with E-state index in [4.69, 9.17) is 0 Å². The number of nitro groups is 1. The summed E-state index contributed by atoms with van der Waals surface area (Å²) in [5.74, 6) is 0.658. The Balaban J connectivity index is 2.30. The van der Waals surface area contributed by atoms with Gasteiger partial charge in [-0.25, -0.2) is 0 Å². The Morgan fingerprint density at radius 2 is 2.24 bits per heavy atom. The van der Waals surface area contributed by atoms with Gasteiger partial charge in [-0.1, -0.05) is 0 Å². The number of anilines is 1. The number of hydrogen-bond acceptors (Lipinski definition) is 4. The van der Waals surface area contributed by atoms with Gasteiger partial charge in [0.2, 0.25) is 0 Å². The summed E-state index contributed by atoms with van der Waals surface area (Å²) in [5.41, 5.74) is 0.908. The monoisotopic (exact) mass is 234 g/mol. The Kier molecular flexibility index (Phi) is 3.08. The third kappa shape index (κ3) is 2.61. The van der Waals surface area contributed by atoms with Crippen LogP contribution in [0.5, 0.6) is 0 Å². The highest BCUT2D eigenvalue weighted by atomic mass is 16.6. The maximum absolute atomic E-state index is 11.0. The van der Waals surface area contributed by atoms with Crippen LogP contribution in [0.1, 0.15) is 23.2 Å². The summed E-state index contributed by atoms with van der Waals surface area (Å²) >= 11 is 0. The van der Waals surface area contributed by atoms with E-state index in [1.54, 1.807) is 12.1 Å². The molecule has 5 nitrogen and oxygen atoms in total. The van der Waals surface area contributed by atoms with E-state index in [1.165, 1.54) is 18.9 Å². The van der Waals surface area contributed by atoms with E-state index in [9.17, 15) is 14.9 Å². The van der Waals surface area contributed by atoms with Crippen molar-refractivity contribution >= 4 is 17.7 Å². The molecule has 1 aromatic carbocycles. The fraction of sp³-hybridized carbons (Fsp3) is 0.417. The van der Waals surface area contributed by atoms with Crippen molar-refractivity contribution in [1.82, 2.24) is 0 Å². The van der Waals surface area contributed by atoms with Gasteiger partial charge in [-0.2, -0.15) is 0 Å². The van der Waals surface area contributed by atoms with Crippen LogP contribution in [0, 0.1) is 16.0 Å². The fourth-order valence-corrected chi connectivity index (χ4v) is 1.87. The quantitative estimate of drug-likeness (QED) is 0.445. The second-order valence-corrected chi connectivity index (χ2v) is 4.45. The lowest BCUT2D eigenvalue weighted by Crippen LogP contribution is -2.21. The van der Waals surface area contributed by atoms with Crippen LogP contribution in [0.3, 0.4) is 0 Å². The van der Waals surface area contributed by atoms with Gasteiger partial charge in [-0.3, -0.25) is 14.9 Å². The van der Waals surface area contributed by atoms with Crippen molar-refractivity contribution in [1.29, 1.82) is 0 Å². The molecule has 0 spiro atoms. The number of benzene rings is 1. The Hall–Kier alpha value is -1.91. The summed E-state index contributed by atoms with van der Waals surface area (Å²) in [6, 6.07) is 4.58. The second-order valence-electron chi connectivity index (χ2n) is 4.45. The van der Waals surface area contributed by atoms with Gasteiger partial charge >= 0.3 is 0 Å². The first-order chi connectivity index (χ1) is 8.11. The standard InChI is InChI=1S/C12H14N2O3/c1-13(7-9-2-3-9)11-5-4-10(8-15)6-12(11)14(16)17/h4-6,8-9H,2-3,7H2,1H3. The average Bonchev–Trinajstić information content (AvgIpc) is 3.12. The maximum Gasteiger partial charge on any atom is 0.293 e. The first-order valence-corrected chi connectivity index (χ1v) is 5.56. The van der Waals surface area contributed by atoms with Gasteiger partial charge in [0.25, 0.3) is 5.69 Å². The molecule has 2 rings (SSSR count). The first-order valence-electron chi connectivity index (χ1n) is 5.56. The van der Waals surface area contributed by atoms with E-state index >= 15 is 0 Å². The van der Waals surface area contributed by atoms with Crippen molar-refractivity contribution in [2.75, 3.05) is 18.5 Å². The van der Waals surface area contributed by atoms with E-state index < -0.39 is 4.92 Å². The fourth-order valence-electron chi connectivity index (χ4n) is 1.87. The number of nitrogens with zero attached hydrogens (tertiary/aromatic N) is 2. The summed E-state index contributed by atoms with van der Waals surface area (Å²) in [7, 11) is 1.85.